The van der Waals surface area contributed by atoms with Gasteiger partial charge in [0.25, 0.3) is 0 Å². The summed E-state index contributed by atoms with van der Waals surface area (Å²) < 4.78 is 43.5. The molecule has 0 bridgehead atoms. The van der Waals surface area contributed by atoms with Gasteiger partial charge in [-0.2, -0.15) is 0 Å². The molecule has 0 spiro atoms. The molecule has 0 unspecified atom stereocenters. The molecule has 0 aromatic rings. The fourth-order valence-corrected chi connectivity index (χ4v) is 2.27. The number of rotatable bonds is 4. The maximum Gasteiger partial charge on any atom is 0.189 e. The minimum absolute atomic E-state index is 2.01. The van der Waals surface area contributed by atoms with Gasteiger partial charge in [0.05, 0.1) is 18.6 Å². The van der Waals surface area contributed by atoms with E-state index in [4.69, 9.17) is 19.7 Å². The van der Waals surface area contributed by atoms with E-state index in [1.165, 1.54) is 0 Å². The number of aliphatic hydroxyl groups excluding tert-OH is 6. The molecule has 136 valence electrons. The quantitative estimate of drug-likeness (QED) is 0.242. The first-order valence-corrected chi connectivity index (χ1v) is 6.65. The lowest BCUT2D eigenvalue weighted by molar-refractivity contribution is -0.376. The van der Waals surface area contributed by atoms with Gasteiger partial charge in [0.15, 0.2) is 12.6 Å². The Hall–Kier alpha value is -0.440. The second-order valence-electron chi connectivity index (χ2n) is 5.19. The molecule has 2 aliphatic rings. The molecule has 23 heavy (non-hydrogen) atoms. The summed E-state index contributed by atoms with van der Waals surface area (Å²) in [6.07, 6.45) is -20.4. The van der Waals surface area contributed by atoms with Gasteiger partial charge in [0, 0.05) is 0 Å². The molecule has 11 heteroatoms. The SMILES string of the molecule is [2H]C([2H])(O)[C@H]1O[C@H](O[C@H]2O[C@H](C([2H])([2H])O)[C@@H](O)[C@H](O)[C@H]2O)[C@H](O)[C@@H](O)[C@@H]1O. The van der Waals surface area contributed by atoms with Crippen molar-refractivity contribution in [1.29, 1.82) is 0 Å². The van der Waals surface area contributed by atoms with E-state index in [1.54, 1.807) is 0 Å². The third-order valence-electron chi connectivity index (χ3n) is 3.66. The van der Waals surface area contributed by atoms with E-state index in [0.29, 0.717) is 0 Å². The Morgan fingerprint density at radius 2 is 1.00 bits per heavy atom. The normalized spacial score (nSPS) is 55.5. The summed E-state index contributed by atoms with van der Waals surface area (Å²) in [6, 6.07) is 0. The molecule has 2 rings (SSSR count). The van der Waals surface area contributed by atoms with Crippen LogP contribution >= 0.6 is 0 Å². The van der Waals surface area contributed by atoms with E-state index in [9.17, 15) is 40.9 Å². The summed E-state index contributed by atoms with van der Waals surface area (Å²) in [5, 5.41) is 77.6. The van der Waals surface area contributed by atoms with Crippen LogP contribution in [0.1, 0.15) is 5.48 Å². The van der Waals surface area contributed by atoms with E-state index in [-0.39, 0.29) is 0 Å². The van der Waals surface area contributed by atoms with Gasteiger partial charge in [-0.15, -0.1) is 0 Å². The zero-order valence-corrected chi connectivity index (χ0v) is 11.6. The molecular weight excluding hydrogens is 320 g/mol. The lowest BCUT2D eigenvalue weighted by Crippen LogP contribution is -2.63. The lowest BCUT2D eigenvalue weighted by atomic mass is 9.98. The second-order valence-corrected chi connectivity index (χ2v) is 5.19. The van der Waals surface area contributed by atoms with E-state index in [2.05, 4.69) is 0 Å². The van der Waals surface area contributed by atoms with Gasteiger partial charge in [-0.05, 0) is 0 Å². The number of ether oxygens (including phenoxy) is 3. The first-order valence-electron chi connectivity index (χ1n) is 8.65. The average molecular weight is 346 g/mol. The molecule has 0 aromatic heterocycles. The van der Waals surface area contributed by atoms with Crippen molar-refractivity contribution in [2.45, 2.75) is 61.4 Å². The largest absolute Gasteiger partial charge is 0.394 e. The molecule has 10 atom stereocenters. The van der Waals surface area contributed by atoms with Crippen LogP contribution in [0.3, 0.4) is 0 Å². The van der Waals surface area contributed by atoms with Gasteiger partial charge < -0.3 is 55.1 Å². The standard InChI is InChI=1S/C12H22O11/c13-1-3-5(15)7(17)9(19)11(21-3)23-12-10(20)8(18)6(16)4(2-14)22-12/h3-20H,1-2H2/t3-,4-,5-,6-,7+,8+,9-,10-,11-,12-/m1/s1/i1D2,2D2. The molecule has 2 heterocycles. The molecular formula is C12H22O11. The van der Waals surface area contributed by atoms with E-state index in [1.807, 2.05) is 0 Å². The van der Waals surface area contributed by atoms with E-state index < -0.39 is 74.5 Å². The van der Waals surface area contributed by atoms with Crippen molar-refractivity contribution in [1.82, 2.24) is 0 Å². The molecule has 2 aliphatic heterocycles. The van der Waals surface area contributed by atoms with Crippen LogP contribution in [0.2, 0.25) is 0 Å². The van der Waals surface area contributed by atoms with E-state index in [0.717, 1.165) is 0 Å². The van der Waals surface area contributed by atoms with Crippen molar-refractivity contribution in [3.63, 3.8) is 0 Å². The molecule has 0 aliphatic carbocycles. The van der Waals surface area contributed by atoms with Crippen LogP contribution in [0.5, 0.6) is 0 Å². The van der Waals surface area contributed by atoms with Gasteiger partial charge in [-0.25, -0.2) is 0 Å². The second kappa shape index (κ2) is 7.63. The molecule has 0 aromatic carbocycles. The van der Waals surface area contributed by atoms with Gasteiger partial charge >= 0.3 is 0 Å². The third kappa shape index (κ3) is 3.65. The highest BCUT2D eigenvalue weighted by atomic mass is 16.8. The first-order chi connectivity index (χ1) is 12.2. The Morgan fingerprint density at radius 3 is 1.30 bits per heavy atom. The summed E-state index contributed by atoms with van der Waals surface area (Å²) in [5.41, 5.74) is 0. The first kappa shape index (κ1) is 13.8. The van der Waals surface area contributed by atoms with Gasteiger partial charge in [-0.1, -0.05) is 0 Å². The average Bonchev–Trinajstić information content (AvgIpc) is 2.53. The van der Waals surface area contributed by atoms with Crippen molar-refractivity contribution in [3.8, 4) is 0 Å². The zero-order chi connectivity index (χ0) is 20.9. The maximum atomic E-state index is 9.92. The van der Waals surface area contributed by atoms with Crippen LogP contribution in [0, 0.1) is 0 Å². The zero-order valence-electron chi connectivity index (χ0n) is 15.6. The Morgan fingerprint density at radius 1 is 0.652 bits per heavy atom. The van der Waals surface area contributed by atoms with Crippen molar-refractivity contribution >= 4 is 0 Å². The number of aliphatic hydroxyl groups is 8. The summed E-state index contributed by atoms with van der Waals surface area (Å²) in [4.78, 5) is 0. The summed E-state index contributed by atoms with van der Waals surface area (Å²) >= 11 is 0. The van der Waals surface area contributed by atoms with Gasteiger partial charge in [-0.3, -0.25) is 0 Å². The molecule has 0 radical (unpaired) electrons. The van der Waals surface area contributed by atoms with Crippen molar-refractivity contribution < 1.29 is 60.5 Å². The lowest BCUT2D eigenvalue weighted by Gasteiger charge is -2.44. The Kier molecular flexibility index (Phi) is 4.58. The Balaban J connectivity index is 2.20. The molecule has 0 amide bonds. The Labute approximate surface area is 136 Å². The van der Waals surface area contributed by atoms with Crippen LogP contribution in [-0.4, -0.2) is 115 Å². The molecule has 2 fully saturated rings. The fourth-order valence-electron chi connectivity index (χ4n) is 2.27. The predicted molar refractivity (Wildman–Crippen MR) is 68.6 cm³/mol. The van der Waals surface area contributed by atoms with Gasteiger partial charge in [0.1, 0.15) is 48.8 Å². The van der Waals surface area contributed by atoms with Crippen molar-refractivity contribution in [3.05, 3.63) is 0 Å². The minimum atomic E-state index is -3.17. The van der Waals surface area contributed by atoms with Crippen molar-refractivity contribution in [2.75, 3.05) is 13.1 Å². The fraction of sp³-hybridized carbons (Fsp3) is 1.00. The van der Waals surface area contributed by atoms with E-state index >= 15 is 0 Å². The van der Waals surface area contributed by atoms with Crippen LogP contribution in [0.15, 0.2) is 0 Å². The molecule has 11 nitrogen and oxygen atoms in total. The van der Waals surface area contributed by atoms with Crippen LogP contribution in [0.4, 0.5) is 0 Å². The Bertz CT molecular complexity index is 471. The highest BCUT2D eigenvalue weighted by Crippen LogP contribution is 2.27. The number of hydrogen-bond donors (Lipinski definition) is 8. The van der Waals surface area contributed by atoms with Crippen molar-refractivity contribution in [2.24, 2.45) is 0 Å². The smallest absolute Gasteiger partial charge is 0.189 e. The predicted octanol–water partition coefficient (Wildman–Crippen LogP) is -5.40. The maximum absolute atomic E-state index is 9.92. The highest BCUT2D eigenvalue weighted by Gasteiger charge is 2.49. The van der Waals surface area contributed by atoms with Crippen LogP contribution in [0.25, 0.3) is 0 Å². The minimum Gasteiger partial charge on any atom is -0.394 e. The summed E-state index contributed by atoms with van der Waals surface area (Å²) in [7, 11) is 0. The highest BCUT2D eigenvalue weighted by molar-refractivity contribution is 4.92. The third-order valence-corrected chi connectivity index (χ3v) is 3.66. The van der Waals surface area contributed by atoms with Gasteiger partial charge in [0.2, 0.25) is 0 Å². The molecule has 0 saturated carbocycles. The summed E-state index contributed by atoms with van der Waals surface area (Å²) in [6.45, 7) is -6.34. The van der Waals surface area contributed by atoms with Crippen LogP contribution in [-0.2, 0) is 14.2 Å². The van der Waals surface area contributed by atoms with Crippen LogP contribution < -0.4 is 0 Å². The molecule has 2 saturated heterocycles. The number of hydrogen-bond acceptors (Lipinski definition) is 11. The monoisotopic (exact) mass is 346 g/mol. The molecule has 8 N–H and O–H groups in total. The summed E-state index contributed by atoms with van der Waals surface area (Å²) in [5.74, 6) is 0. The topological polar surface area (TPSA) is 190 Å².